The molecule has 20 heavy (non-hydrogen) atoms. The lowest BCUT2D eigenvalue weighted by Gasteiger charge is -2.40. The van der Waals surface area contributed by atoms with Gasteiger partial charge in [0.2, 0.25) is 0 Å². The number of rotatable bonds is 2. The Morgan fingerprint density at radius 2 is 2.10 bits per heavy atom. The van der Waals surface area contributed by atoms with Crippen molar-refractivity contribution < 1.29 is 9.84 Å². The molecule has 1 aromatic carbocycles. The Balaban J connectivity index is 1.75. The van der Waals surface area contributed by atoms with Crippen LogP contribution in [0.3, 0.4) is 0 Å². The van der Waals surface area contributed by atoms with Crippen LogP contribution in [0.15, 0.2) is 22.7 Å². The van der Waals surface area contributed by atoms with Gasteiger partial charge < -0.3 is 9.84 Å². The third-order valence-electron chi connectivity index (χ3n) is 4.78. The Morgan fingerprint density at radius 1 is 1.35 bits per heavy atom. The first-order valence-electron chi connectivity index (χ1n) is 7.37. The summed E-state index contributed by atoms with van der Waals surface area (Å²) in [5, 5.41) is 11.3. The minimum Gasteiger partial charge on any atom is -0.388 e. The Morgan fingerprint density at radius 3 is 2.80 bits per heavy atom. The maximum absolute atomic E-state index is 10.7. The Bertz CT molecular complexity index is 485. The fraction of sp³-hybridized carbons (Fsp3) is 0.625. The lowest BCUT2D eigenvalue weighted by atomic mass is 9.80. The SMILES string of the molecule is OC(c1ccc(Br)c(Cl)c1)C1CCOC2(CCCC2)C1. The summed E-state index contributed by atoms with van der Waals surface area (Å²) in [7, 11) is 0. The van der Waals surface area contributed by atoms with Gasteiger partial charge in [-0.1, -0.05) is 30.5 Å². The molecule has 1 aromatic rings. The van der Waals surface area contributed by atoms with E-state index in [2.05, 4.69) is 15.9 Å². The average molecular weight is 360 g/mol. The van der Waals surface area contributed by atoms with E-state index >= 15 is 0 Å². The van der Waals surface area contributed by atoms with Crippen LogP contribution in [0, 0.1) is 5.92 Å². The van der Waals surface area contributed by atoms with Crippen molar-refractivity contribution in [3.63, 3.8) is 0 Å². The molecule has 1 saturated heterocycles. The molecule has 0 radical (unpaired) electrons. The molecule has 1 heterocycles. The number of ether oxygens (including phenoxy) is 1. The van der Waals surface area contributed by atoms with E-state index in [-0.39, 0.29) is 11.5 Å². The van der Waals surface area contributed by atoms with Crippen LogP contribution in [0.25, 0.3) is 0 Å². The second kappa shape index (κ2) is 5.96. The third kappa shape index (κ3) is 2.92. The first kappa shape index (κ1) is 14.8. The zero-order valence-corrected chi connectivity index (χ0v) is 13.8. The third-order valence-corrected chi connectivity index (χ3v) is 6.01. The van der Waals surface area contributed by atoms with Crippen molar-refractivity contribution in [3.8, 4) is 0 Å². The largest absolute Gasteiger partial charge is 0.388 e. The monoisotopic (exact) mass is 358 g/mol. The molecule has 0 aromatic heterocycles. The van der Waals surface area contributed by atoms with Gasteiger partial charge >= 0.3 is 0 Å². The van der Waals surface area contributed by atoms with Gasteiger partial charge in [0.1, 0.15) is 0 Å². The van der Waals surface area contributed by atoms with Gasteiger partial charge in [0.25, 0.3) is 0 Å². The van der Waals surface area contributed by atoms with Gasteiger partial charge in [-0.25, -0.2) is 0 Å². The maximum atomic E-state index is 10.7. The number of aliphatic hydroxyl groups excluding tert-OH is 1. The van der Waals surface area contributed by atoms with Crippen molar-refractivity contribution >= 4 is 27.5 Å². The highest BCUT2D eigenvalue weighted by molar-refractivity contribution is 9.10. The van der Waals surface area contributed by atoms with Gasteiger partial charge in [-0.05, 0) is 65.2 Å². The summed E-state index contributed by atoms with van der Waals surface area (Å²) in [6.07, 6.45) is 6.27. The first-order valence-corrected chi connectivity index (χ1v) is 8.54. The predicted molar refractivity (Wildman–Crippen MR) is 84.0 cm³/mol. The zero-order valence-electron chi connectivity index (χ0n) is 11.4. The second-order valence-corrected chi connectivity index (χ2v) is 7.37. The standard InChI is InChI=1S/C16H20BrClO2/c17-13-4-3-11(9-14(13)18)15(19)12-5-8-20-16(10-12)6-1-2-7-16/h3-4,9,12,15,19H,1-2,5-8,10H2. The molecule has 2 fully saturated rings. The van der Waals surface area contributed by atoms with Gasteiger partial charge in [-0.3, -0.25) is 0 Å². The van der Waals surface area contributed by atoms with Crippen molar-refractivity contribution in [3.05, 3.63) is 33.3 Å². The number of aliphatic hydroxyl groups is 1. The van der Waals surface area contributed by atoms with Gasteiger partial charge in [-0.2, -0.15) is 0 Å². The van der Waals surface area contributed by atoms with Crippen molar-refractivity contribution in [1.82, 2.24) is 0 Å². The van der Waals surface area contributed by atoms with Gasteiger partial charge in [0, 0.05) is 11.1 Å². The summed E-state index contributed by atoms with van der Waals surface area (Å²) in [5.41, 5.74) is 0.960. The summed E-state index contributed by atoms with van der Waals surface area (Å²) >= 11 is 9.52. The maximum Gasteiger partial charge on any atom is 0.0820 e. The smallest absolute Gasteiger partial charge is 0.0820 e. The highest BCUT2D eigenvalue weighted by Crippen LogP contribution is 2.45. The fourth-order valence-electron chi connectivity index (χ4n) is 3.67. The molecule has 0 bridgehead atoms. The average Bonchev–Trinajstić information content (AvgIpc) is 2.89. The van der Waals surface area contributed by atoms with Crippen LogP contribution in [0.1, 0.15) is 50.2 Å². The number of halogens is 2. The quantitative estimate of drug-likeness (QED) is 0.816. The molecular formula is C16H20BrClO2. The molecule has 1 aliphatic heterocycles. The molecule has 2 unspecified atom stereocenters. The number of hydrogen-bond acceptors (Lipinski definition) is 2. The van der Waals surface area contributed by atoms with Crippen molar-refractivity contribution in [2.24, 2.45) is 5.92 Å². The van der Waals surface area contributed by atoms with E-state index in [9.17, 15) is 5.11 Å². The van der Waals surface area contributed by atoms with Crippen molar-refractivity contribution in [2.75, 3.05) is 6.61 Å². The normalized spacial score (nSPS) is 26.9. The fourth-order valence-corrected chi connectivity index (χ4v) is 4.11. The Labute approximate surface area is 133 Å². The van der Waals surface area contributed by atoms with Crippen LogP contribution in [0.2, 0.25) is 5.02 Å². The first-order chi connectivity index (χ1) is 9.60. The summed E-state index contributed by atoms with van der Waals surface area (Å²) in [4.78, 5) is 0. The molecular weight excluding hydrogens is 340 g/mol. The number of hydrogen-bond donors (Lipinski definition) is 1. The Kier molecular flexibility index (Phi) is 4.42. The molecule has 110 valence electrons. The van der Waals surface area contributed by atoms with Gasteiger partial charge in [-0.15, -0.1) is 0 Å². The summed E-state index contributed by atoms with van der Waals surface area (Å²) in [6, 6.07) is 5.73. The molecule has 2 nitrogen and oxygen atoms in total. The zero-order chi connectivity index (χ0) is 14.2. The minimum atomic E-state index is -0.443. The molecule has 3 rings (SSSR count). The molecule has 1 N–H and O–H groups in total. The van der Waals surface area contributed by atoms with E-state index in [4.69, 9.17) is 16.3 Å². The lowest BCUT2D eigenvalue weighted by Crippen LogP contribution is -2.39. The molecule has 0 amide bonds. The minimum absolute atomic E-state index is 0.0447. The van der Waals surface area contributed by atoms with Crippen LogP contribution in [0.5, 0.6) is 0 Å². The van der Waals surface area contributed by atoms with Crippen LogP contribution < -0.4 is 0 Å². The second-order valence-electron chi connectivity index (χ2n) is 6.11. The Hall–Kier alpha value is -0.0900. The molecule has 1 spiro atoms. The van der Waals surface area contributed by atoms with Crippen molar-refractivity contribution in [2.45, 2.75) is 50.2 Å². The topological polar surface area (TPSA) is 29.5 Å². The van der Waals surface area contributed by atoms with Crippen LogP contribution in [-0.4, -0.2) is 17.3 Å². The highest BCUT2D eigenvalue weighted by atomic mass is 79.9. The van der Waals surface area contributed by atoms with Crippen LogP contribution >= 0.6 is 27.5 Å². The predicted octanol–water partition coefficient (Wildman–Crippen LogP) is 4.88. The highest BCUT2D eigenvalue weighted by Gasteiger charge is 2.41. The number of benzene rings is 1. The summed E-state index contributed by atoms with van der Waals surface area (Å²) < 4.78 is 6.91. The van der Waals surface area contributed by atoms with E-state index in [1.54, 1.807) is 0 Å². The van der Waals surface area contributed by atoms with Gasteiger partial charge in [0.05, 0.1) is 16.7 Å². The van der Waals surface area contributed by atoms with Gasteiger partial charge in [0.15, 0.2) is 0 Å². The molecule has 1 aliphatic carbocycles. The van der Waals surface area contributed by atoms with E-state index < -0.39 is 6.10 Å². The molecule has 4 heteroatoms. The lowest BCUT2D eigenvalue weighted by molar-refractivity contribution is -0.113. The van der Waals surface area contributed by atoms with Crippen LogP contribution in [0.4, 0.5) is 0 Å². The van der Waals surface area contributed by atoms with Crippen molar-refractivity contribution in [1.29, 1.82) is 0 Å². The van der Waals surface area contributed by atoms with Crippen LogP contribution in [-0.2, 0) is 4.74 Å². The molecule has 1 saturated carbocycles. The summed E-state index contributed by atoms with van der Waals surface area (Å²) in [5.74, 6) is 0.277. The summed E-state index contributed by atoms with van der Waals surface area (Å²) in [6.45, 7) is 0.770. The van der Waals surface area contributed by atoms with E-state index in [0.29, 0.717) is 5.02 Å². The van der Waals surface area contributed by atoms with E-state index in [1.807, 2.05) is 18.2 Å². The van der Waals surface area contributed by atoms with E-state index in [0.717, 1.165) is 42.3 Å². The van der Waals surface area contributed by atoms with E-state index in [1.165, 1.54) is 12.8 Å². The molecule has 2 aliphatic rings. The molecule has 2 atom stereocenters.